The van der Waals surface area contributed by atoms with E-state index in [0.717, 1.165) is 6.07 Å². The highest BCUT2D eigenvalue weighted by Gasteiger charge is 2.24. The number of carbonyl (C=O) groups excluding carboxylic acids is 1. The Balaban J connectivity index is 1.43. The maximum absolute atomic E-state index is 13.6. The minimum absolute atomic E-state index is 0.0893. The number of hydrogen-bond donors (Lipinski definition) is 5. The van der Waals surface area contributed by atoms with Crippen molar-refractivity contribution in [1.29, 1.82) is 0 Å². The van der Waals surface area contributed by atoms with Crippen LogP contribution in [0.2, 0.25) is 15.1 Å². The lowest BCUT2D eigenvalue weighted by Gasteiger charge is -2.27. The molecule has 5 N–H and O–H groups in total. The van der Waals surface area contributed by atoms with Crippen LogP contribution in [0.1, 0.15) is 15.9 Å². The first-order chi connectivity index (χ1) is 21.4. The van der Waals surface area contributed by atoms with Crippen molar-refractivity contribution in [2.24, 2.45) is 7.05 Å². The number of nitrogens with one attached hydrogen (secondary N) is 4. The number of aliphatic hydroxyl groups excluding tert-OH is 1. The molecule has 0 aliphatic carbocycles. The summed E-state index contributed by atoms with van der Waals surface area (Å²) < 4.78 is 46.6. The molecule has 10 nitrogen and oxygen atoms in total. The Labute approximate surface area is 270 Å². The SMILES string of the molecule is CN1C=CNC1C(O)NCc1ccc(Cl)c(Nc2nc3cc(C(=O)Nc4ccc(F)c(Cl)c4)c(OCC(F)F)cc3n2C)c1Cl. The van der Waals surface area contributed by atoms with Crippen LogP contribution in [0.3, 0.4) is 0 Å². The van der Waals surface area contributed by atoms with Gasteiger partial charge in [-0.25, -0.2) is 18.2 Å². The number of nitrogens with zero attached hydrogens (tertiary/aromatic N) is 3. The van der Waals surface area contributed by atoms with Crippen LogP contribution >= 0.6 is 34.8 Å². The Morgan fingerprint density at radius 2 is 1.91 bits per heavy atom. The Morgan fingerprint density at radius 3 is 2.60 bits per heavy atom. The zero-order valence-electron chi connectivity index (χ0n) is 23.7. The summed E-state index contributed by atoms with van der Waals surface area (Å²) in [5.41, 5.74) is 1.83. The maximum Gasteiger partial charge on any atom is 0.272 e. The van der Waals surface area contributed by atoms with Crippen LogP contribution < -0.4 is 26.0 Å². The van der Waals surface area contributed by atoms with E-state index in [4.69, 9.17) is 39.5 Å². The van der Waals surface area contributed by atoms with Crippen LogP contribution in [-0.2, 0) is 13.6 Å². The number of hydrogen-bond acceptors (Lipinski definition) is 8. The minimum atomic E-state index is -2.80. The predicted octanol–water partition coefficient (Wildman–Crippen LogP) is 6.05. The molecule has 238 valence electrons. The third-order valence-corrected chi connectivity index (χ3v) is 8.03. The second kappa shape index (κ2) is 13.6. The molecule has 2 heterocycles. The molecule has 1 aromatic heterocycles. The molecular formula is C29H27Cl3F3N7O3. The van der Waals surface area contributed by atoms with Crippen LogP contribution in [0.5, 0.6) is 5.75 Å². The van der Waals surface area contributed by atoms with Gasteiger partial charge in [0, 0.05) is 44.8 Å². The van der Waals surface area contributed by atoms with E-state index in [2.05, 4.69) is 26.3 Å². The van der Waals surface area contributed by atoms with Crippen LogP contribution in [0, 0.1) is 5.82 Å². The zero-order valence-corrected chi connectivity index (χ0v) is 26.0. The zero-order chi connectivity index (χ0) is 32.4. The number of ether oxygens (including phenoxy) is 1. The number of alkyl halides is 2. The van der Waals surface area contributed by atoms with Crippen molar-refractivity contribution in [3.05, 3.63) is 86.9 Å². The van der Waals surface area contributed by atoms with Gasteiger partial charge in [0.05, 0.1) is 37.4 Å². The van der Waals surface area contributed by atoms with Gasteiger partial charge in [-0.2, -0.15) is 0 Å². The average molecular weight is 685 g/mol. The summed E-state index contributed by atoms with van der Waals surface area (Å²) in [4.78, 5) is 19.6. The van der Waals surface area contributed by atoms with E-state index in [-0.39, 0.29) is 50.7 Å². The highest BCUT2D eigenvalue weighted by Crippen LogP contribution is 2.37. The molecule has 0 radical (unpaired) electrons. The van der Waals surface area contributed by atoms with E-state index >= 15 is 0 Å². The molecule has 1 aliphatic heterocycles. The summed E-state index contributed by atoms with van der Waals surface area (Å²) in [6.45, 7) is -0.746. The van der Waals surface area contributed by atoms with Crippen molar-refractivity contribution < 1.29 is 27.8 Å². The lowest BCUT2D eigenvalue weighted by atomic mass is 10.1. The fourth-order valence-corrected chi connectivity index (χ4v) is 5.33. The average Bonchev–Trinajstić information content (AvgIpc) is 3.56. The van der Waals surface area contributed by atoms with Crippen molar-refractivity contribution in [3.63, 3.8) is 0 Å². The molecule has 5 rings (SSSR count). The smallest absolute Gasteiger partial charge is 0.272 e. The third kappa shape index (κ3) is 7.18. The Morgan fingerprint density at radius 1 is 1.13 bits per heavy atom. The molecule has 0 spiro atoms. The molecule has 0 saturated carbocycles. The first-order valence-electron chi connectivity index (χ1n) is 13.4. The quantitative estimate of drug-likeness (QED) is 0.121. The molecular weight excluding hydrogens is 658 g/mol. The summed E-state index contributed by atoms with van der Waals surface area (Å²) >= 11 is 19.0. The number of anilines is 3. The molecule has 1 aliphatic rings. The second-order valence-electron chi connectivity index (χ2n) is 10.1. The van der Waals surface area contributed by atoms with E-state index in [9.17, 15) is 23.1 Å². The molecule has 16 heteroatoms. The number of aryl methyl sites for hydroxylation is 1. The standard InChI is InChI=1S/C29H27Cl3F3N7O3/c1-41-8-7-36-26(41)28(44)37-12-14-3-5-17(30)25(24(14)32)40-29-39-20-10-16(22(45-13-23(34)35)11-21(20)42(29)2)27(43)38-15-4-6-19(33)18(31)9-15/h3-11,23,26,28,36-37,44H,12-13H2,1-2H3,(H,38,43)(H,39,40). The van der Waals surface area contributed by atoms with Crippen LogP contribution in [0.25, 0.3) is 11.0 Å². The minimum Gasteiger partial charge on any atom is -0.487 e. The number of fused-ring (bicyclic) bond motifs is 1. The second-order valence-corrected chi connectivity index (χ2v) is 11.2. The Bertz CT molecular complexity index is 1770. The molecule has 2 atom stereocenters. The first-order valence-corrected chi connectivity index (χ1v) is 14.5. The normalized spacial score (nSPS) is 15.1. The van der Waals surface area contributed by atoms with Crippen LogP contribution in [0.4, 0.5) is 30.5 Å². The molecule has 1 amide bonds. The Hall–Kier alpha value is -3.88. The van der Waals surface area contributed by atoms with Crippen molar-refractivity contribution in [2.45, 2.75) is 25.4 Å². The Kier molecular flexibility index (Phi) is 9.85. The molecule has 0 saturated heterocycles. The van der Waals surface area contributed by atoms with E-state index in [1.165, 1.54) is 24.3 Å². The monoisotopic (exact) mass is 683 g/mol. The molecule has 45 heavy (non-hydrogen) atoms. The summed E-state index contributed by atoms with van der Waals surface area (Å²) in [5, 5.41) is 22.7. The highest BCUT2D eigenvalue weighted by molar-refractivity contribution is 6.39. The third-order valence-electron chi connectivity index (χ3n) is 6.99. The van der Waals surface area contributed by atoms with Gasteiger partial charge >= 0.3 is 0 Å². The molecule has 3 aromatic carbocycles. The van der Waals surface area contributed by atoms with Gasteiger partial charge in [0.2, 0.25) is 5.95 Å². The number of benzene rings is 3. The number of aliphatic hydroxyl groups is 1. The first kappa shape index (κ1) is 32.5. The number of rotatable bonds is 11. The number of imidazole rings is 1. The van der Waals surface area contributed by atoms with E-state index in [1.807, 2.05) is 11.9 Å². The number of halogens is 6. The van der Waals surface area contributed by atoms with Gasteiger partial charge in [-0.15, -0.1) is 0 Å². The summed E-state index contributed by atoms with van der Waals surface area (Å²) in [6, 6.07) is 9.77. The van der Waals surface area contributed by atoms with E-state index in [0.29, 0.717) is 22.3 Å². The summed E-state index contributed by atoms with van der Waals surface area (Å²) in [5.74, 6) is -1.24. The van der Waals surface area contributed by atoms with Crippen LogP contribution in [0.15, 0.2) is 54.9 Å². The van der Waals surface area contributed by atoms with Crippen molar-refractivity contribution in [2.75, 3.05) is 24.3 Å². The van der Waals surface area contributed by atoms with Crippen LogP contribution in [-0.4, -0.2) is 57.9 Å². The summed E-state index contributed by atoms with van der Waals surface area (Å²) in [7, 11) is 3.49. The van der Waals surface area contributed by atoms with Gasteiger partial charge in [0.15, 0.2) is 0 Å². The van der Waals surface area contributed by atoms with Gasteiger partial charge in [0.25, 0.3) is 12.3 Å². The van der Waals surface area contributed by atoms with Gasteiger partial charge in [0.1, 0.15) is 30.6 Å². The fourth-order valence-electron chi connectivity index (χ4n) is 4.62. The number of likely N-dealkylation sites (N-methyl/N-ethyl adjacent to an activating group) is 1. The number of carbonyl (C=O) groups is 1. The predicted molar refractivity (Wildman–Crippen MR) is 168 cm³/mol. The topological polar surface area (TPSA) is 116 Å². The lowest BCUT2D eigenvalue weighted by Crippen LogP contribution is -2.50. The summed E-state index contributed by atoms with van der Waals surface area (Å²) in [6.07, 6.45) is -0.539. The molecule has 2 unspecified atom stereocenters. The van der Waals surface area contributed by atoms with Crippen molar-refractivity contribution in [3.8, 4) is 5.75 Å². The molecule has 0 bridgehead atoms. The fraction of sp³-hybridized carbons (Fsp3) is 0.241. The van der Waals surface area contributed by atoms with Gasteiger partial charge < -0.3 is 35.3 Å². The molecule has 4 aromatic rings. The van der Waals surface area contributed by atoms with Gasteiger partial charge in [-0.05, 0) is 35.9 Å². The molecule has 0 fully saturated rings. The van der Waals surface area contributed by atoms with E-state index in [1.54, 1.807) is 36.1 Å². The maximum atomic E-state index is 13.6. The largest absolute Gasteiger partial charge is 0.487 e. The highest BCUT2D eigenvalue weighted by atomic mass is 35.5. The lowest BCUT2D eigenvalue weighted by molar-refractivity contribution is 0.0532. The van der Waals surface area contributed by atoms with Crippen molar-refractivity contribution in [1.82, 2.24) is 25.1 Å². The number of amides is 1. The van der Waals surface area contributed by atoms with Crippen molar-refractivity contribution >= 4 is 69.1 Å². The van der Waals surface area contributed by atoms with E-state index < -0.39 is 31.0 Å². The number of aromatic nitrogens is 2. The van der Waals surface area contributed by atoms with Gasteiger partial charge in [-0.3, -0.25) is 10.1 Å². The van der Waals surface area contributed by atoms with Gasteiger partial charge in [-0.1, -0.05) is 40.9 Å².